The molecule has 0 aliphatic rings. The van der Waals surface area contributed by atoms with E-state index in [4.69, 9.17) is 9.15 Å². The summed E-state index contributed by atoms with van der Waals surface area (Å²) in [5, 5.41) is 6.30. The highest BCUT2D eigenvalue weighted by molar-refractivity contribution is 5.99. The molecule has 1 heterocycles. The van der Waals surface area contributed by atoms with Crippen molar-refractivity contribution in [2.24, 2.45) is 0 Å². The number of para-hydroxylation sites is 1. The molecule has 0 saturated heterocycles. The lowest BCUT2D eigenvalue weighted by Gasteiger charge is -2.09. The second-order valence-corrected chi connectivity index (χ2v) is 7.18. The zero-order valence-corrected chi connectivity index (χ0v) is 17.0. The Morgan fingerprint density at radius 2 is 1.83 bits per heavy atom. The van der Waals surface area contributed by atoms with E-state index in [0.29, 0.717) is 16.7 Å². The fourth-order valence-electron chi connectivity index (χ4n) is 3.03. The molecule has 0 fully saturated rings. The molecule has 6 nitrogen and oxygen atoms in total. The van der Waals surface area contributed by atoms with Crippen LogP contribution in [0.1, 0.15) is 35.5 Å². The van der Waals surface area contributed by atoms with Crippen LogP contribution in [0, 0.1) is 5.82 Å². The van der Waals surface area contributed by atoms with Gasteiger partial charge in [-0.1, -0.05) is 30.3 Å². The minimum atomic E-state index is -0.379. The van der Waals surface area contributed by atoms with E-state index < -0.39 is 0 Å². The minimum Gasteiger partial charge on any atom is -0.451 e. The number of carbonyl (C=O) groups is 2. The Balaban J connectivity index is 1.55. The predicted octanol–water partition coefficient (Wildman–Crippen LogP) is 3.59. The van der Waals surface area contributed by atoms with Crippen LogP contribution in [-0.4, -0.2) is 31.0 Å². The lowest BCUT2D eigenvalue weighted by Crippen LogP contribution is -2.35. The first kappa shape index (κ1) is 21.5. The van der Waals surface area contributed by atoms with Crippen LogP contribution in [-0.2, 0) is 22.6 Å². The Kier molecular flexibility index (Phi) is 7.19. The van der Waals surface area contributed by atoms with Gasteiger partial charge in [-0.05, 0) is 37.6 Å². The third-order valence-electron chi connectivity index (χ3n) is 4.45. The second kappa shape index (κ2) is 10.0. The Hall–Kier alpha value is -3.19. The number of rotatable bonds is 9. The summed E-state index contributed by atoms with van der Waals surface area (Å²) in [5.41, 5.74) is 1.91. The van der Waals surface area contributed by atoms with Crippen LogP contribution in [0.4, 0.5) is 4.39 Å². The molecule has 2 aromatic carbocycles. The average Bonchev–Trinajstić information content (AvgIpc) is 3.08. The predicted molar refractivity (Wildman–Crippen MR) is 112 cm³/mol. The molecule has 0 radical (unpaired) electrons. The second-order valence-electron chi connectivity index (χ2n) is 7.18. The van der Waals surface area contributed by atoms with Crippen molar-refractivity contribution in [2.75, 3.05) is 13.1 Å². The summed E-state index contributed by atoms with van der Waals surface area (Å²) in [5.74, 6) is -0.781. The SMILES string of the molecule is CC(C)OCc1c(C(=O)NCCNC(=O)Cc2cccc(F)c2)oc2ccccc12. The monoisotopic (exact) mass is 412 g/mol. The summed E-state index contributed by atoms with van der Waals surface area (Å²) in [6.45, 7) is 4.60. The lowest BCUT2D eigenvalue weighted by molar-refractivity contribution is -0.120. The number of ether oxygens (including phenoxy) is 1. The van der Waals surface area contributed by atoms with E-state index in [1.54, 1.807) is 18.2 Å². The molecule has 0 spiro atoms. The highest BCUT2D eigenvalue weighted by Gasteiger charge is 2.20. The van der Waals surface area contributed by atoms with Crippen LogP contribution >= 0.6 is 0 Å². The number of benzene rings is 2. The van der Waals surface area contributed by atoms with Crippen LogP contribution in [0.25, 0.3) is 11.0 Å². The topological polar surface area (TPSA) is 80.6 Å². The van der Waals surface area contributed by atoms with E-state index >= 15 is 0 Å². The number of furan rings is 1. The van der Waals surface area contributed by atoms with Crippen molar-refractivity contribution in [1.29, 1.82) is 0 Å². The maximum Gasteiger partial charge on any atom is 0.287 e. The largest absolute Gasteiger partial charge is 0.451 e. The first-order chi connectivity index (χ1) is 14.4. The van der Waals surface area contributed by atoms with Gasteiger partial charge in [0.25, 0.3) is 5.91 Å². The van der Waals surface area contributed by atoms with Crippen molar-refractivity contribution in [1.82, 2.24) is 10.6 Å². The number of fused-ring (bicyclic) bond motifs is 1. The summed E-state index contributed by atoms with van der Waals surface area (Å²) in [7, 11) is 0. The Bertz CT molecular complexity index is 1030. The number of hydrogen-bond acceptors (Lipinski definition) is 4. The van der Waals surface area contributed by atoms with Gasteiger partial charge in [0.05, 0.1) is 19.1 Å². The molecular weight excluding hydrogens is 387 g/mol. The van der Waals surface area contributed by atoms with E-state index in [9.17, 15) is 14.0 Å². The standard InChI is InChI=1S/C23H25FN2O4/c1-15(2)29-14-19-18-8-3-4-9-20(18)30-22(19)23(28)26-11-10-25-21(27)13-16-6-5-7-17(24)12-16/h3-9,12,15H,10-11,13-14H2,1-2H3,(H,25,27)(H,26,28). The maximum atomic E-state index is 13.2. The van der Waals surface area contributed by atoms with Crippen LogP contribution < -0.4 is 10.6 Å². The fraction of sp³-hybridized carbons (Fsp3) is 0.304. The van der Waals surface area contributed by atoms with Gasteiger partial charge < -0.3 is 19.8 Å². The first-order valence-corrected chi connectivity index (χ1v) is 9.85. The number of nitrogens with one attached hydrogen (secondary N) is 2. The summed E-state index contributed by atoms with van der Waals surface area (Å²) >= 11 is 0. The third-order valence-corrected chi connectivity index (χ3v) is 4.45. The number of carbonyl (C=O) groups excluding carboxylic acids is 2. The van der Waals surface area contributed by atoms with Gasteiger partial charge in [-0.2, -0.15) is 0 Å². The van der Waals surface area contributed by atoms with Crippen molar-refractivity contribution < 1.29 is 23.1 Å². The molecule has 0 bridgehead atoms. The van der Waals surface area contributed by atoms with Gasteiger partial charge in [0.1, 0.15) is 11.4 Å². The molecule has 2 amide bonds. The van der Waals surface area contributed by atoms with Gasteiger partial charge in [0.2, 0.25) is 5.91 Å². The van der Waals surface area contributed by atoms with E-state index in [-0.39, 0.29) is 55.6 Å². The number of amides is 2. The molecular formula is C23H25FN2O4. The van der Waals surface area contributed by atoms with Gasteiger partial charge in [0, 0.05) is 24.0 Å². The van der Waals surface area contributed by atoms with E-state index in [1.807, 2.05) is 32.0 Å². The molecule has 3 rings (SSSR count). The van der Waals surface area contributed by atoms with Gasteiger partial charge in [0.15, 0.2) is 5.76 Å². The zero-order valence-electron chi connectivity index (χ0n) is 17.0. The maximum absolute atomic E-state index is 13.2. The summed E-state index contributed by atoms with van der Waals surface area (Å²) < 4.78 is 24.6. The molecule has 0 saturated carbocycles. The van der Waals surface area contributed by atoms with Gasteiger partial charge in [-0.3, -0.25) is 9.59 Å². The van der Waals surface area contributed by atoms with Crippen LogP contribution in [0.3, 0.4) is 0 Å². The van der Waals surface area contributed by atoms with Crippen molar-refractivity contribution in [2.45, 2.75) is 33.0 Å². The average molecular weight is 412 g/mol. The molecule has 1 aromatic heterocycles. The molecule has 158 valence electrons. The zero-order chi connectivity index (χ0) is 21.5. The van der Waals surface area contributed by atoms with E-state index in [2.05, 4.69) is 10.6 Å². The van der Waals surface area contributed by atoms with Crippen LogP contribution in [0.15, 0.2) is 52.9 Å². The summed E-state index contributed by atoms with van der Waals surface area (Å²) in [6, 6.07) is 13.3. The molecule has 2 N–H and O–H groups in total. The third kappa shape index (κ3) is 5.67. The first-order valence-electron chi connectivity index (χ1n) is 9.85. The van der Waals surface area contributed by atoms with Crippen molar-refractivity contribution in [3.63, 3.8) is 0 Å². The number of halogens is 1. The highest BCUT2D eigenvalue weighted by Crippen LogP contribution is 2.27. The lowest BCUT2D eigenvalue weighted by atomic mass is 10.1. The smallest absolute Gasteiger partial charge is 0.287 e. The fourth-order valence-corrected chi connectivity index (χ4v) is 3.03. The highest BCUT2D eigenvalue weighted by atomic mass is 19.1. The Labute approximate surface area is 174 Å². The van der Waals surface area contributed by atoms with Crippen molar-refractivity contribution in [3.05, 3.63) is 71.2 Å². The van der Waals surface area contributed by atoms with Gasteiger partial charge in [-0.15, -0.1) is 0 Å². The minimum absolute atomic E-state index is 0.0166. The van der Waals surface area contributed by atoms with Crippen LogP contribution in [0.2, 0.25) is 0 Å². The van der Waals surface area contributed by atoms with Gasteiger partial charge >= 0.3 is 0 Å². The van der Waals surface area contributed by atoms with Crippen molar-refractivity contribution >= 4 is 22.8 Å². The summed E-state index contributed by atoms with van der Waals surface area (Å²) in [6.07, 6.45) is 0.0919. The van der Waals surface area contributed by atoms with Crippen molar-refractivity contribution in [3.8, 4) is 0 Å². The Morgan fingerprint density at radius 1 is 1.07 bits per heavy atom. The molecule has 0 aliphatic heterocycles. The quantitative estimate of drug-likeness (QED) is 0.527. The molecule has 0 unspecified atom stereocenters. The number of hydrogen-bond donors (Lipinski definition) is 2. The van der Waals surface area contributed by atoms with E-state index in [0.717, 1.165) is 5.39 Å². The molecule has 7 heteroatoms. The van der Waals surface area contributed by atoms with Gasteiger partial charge in [-0.25, -0.2) is 4.39 Å². The molecule has 3 aromatic rings. The molecule has 0 atom stereocenters. The molecule has 30 heavy (non-hydrogen) atoms. The normalized spacial score (nSPS) is 11.1. The summed E-state index contributed by atoms with van der Waals surface area (Å²) in [4.78, 5) is 24.6. The molecule has 0 aliphatic carbocycles. The van der Waals surface area contributed by atoms with E-state index in [1.165, 1.54) is 12.1 Å². The Morgan fingerprint density at radius 3 is 2.60 bits per heavy atom. The van der Waals surface area contributed by atoms with Crippen LogP contribution in [0.5, 0.6) is 0 Å².